The molecule has 0 saturated carbocycles. The molecule has 1 amide bonds. The number of aryl methyl sites for hydroxylation is 1. The van der Waals surface area contributed by atoms with Gasteiger partial charge in [0.05, 0.1) is 22.0 Å². The fourth-order valence-corrected chi connectivity index (χ4v) is 3.32. The molecule has 1 aliphatic rings. The van der Waals surface area contributed by atoms with Crippen LogP contribution in [0.25, 0.3) is 11.3 Å². The highest BCUT2D eigenvalue weighted by Gasteiger charge is 2.24. The Labute approximate surface area is 151 Å². The first-order valence-electron chi connectivity index (χ1n) is 7.61. The molecular formula is C16H20N6O3S. The van der Waals surface area contributed by atoms with Gasteiger partial charge >= 0.3 is 0 Å². The van der Waals surface area contributed by atoms with E-state index >= 15 is 0 Å². The normalized spacial score (nSPS) is 13.5. The van der Waals surface area contributed by atoms with Crippen LogP contribution in [-0.4, -0.2) is 30.8 Å². The fraction of sp³-hybridized carbons (Fsp3) is 0.188. The van der Waals surface area contributed by atoms with Crippen molar-refractivity contribution in [2.45, 2.75) is 24.7 Å². The van der Waals surface area contributed by atoms with Crippen LogP contribution >= 0.6 is 0 Å². The fourth-order valence-electron chi connectivity index (χ4n) is 2.81. The van der Waals surface area contributed by atoms with Gasteiger partial charge in [0, 0.05) is 23.0 Å². The van der Waals surface area contributed by atoms with Crippen molar-refractivity contribution < 1.29 is 13.2 Å². The third kappa shape index (κ3) is 3.65. The number of allylic oxidation sites excluding steroid dienone is 2. The van der Waals surface area contributed by atoms with Crippen LogP contribution in [0.2, 0.25) is 0 Å². The van der Waals surface area contributed by atoms with E-state index in [0.717, 1.165) is 23.4 Å². The Morgan fingerprint density at radius 1 is 1.23 bits per heavy atom. The molecule has 0 unspecified atom stereocenters. The predicted molar refractivity (Wildman–Crippen MR) is 98.1 cm³/mol. The molecule has 1 aliphatic carbocycles. The van der Waals surface area contributed by atoms with Crippen molar-refractivity contribution in [3.8, 4) is 5.69 Å². The average Bonchev–Trinajstić information content (AvgIpc) is 2.92. The standard InChI is InChI=1S/C15H17N5O2S.CH3NO/c1-9-12-6-7-14(17)13(8-16)15(12)20(19-9)10-2-4-11(5-3-10)23(18,21)22;2-1-3/h2-5,8,16H,6-7,17H2,1H3,(H2,18,21,22);1H,(H2,2,3). The third-order valence-corrected chi connectivity index (χ3v) is 4.91. The second-order valence-electron chi connectivity index (χ2n) is 5.58. The quantitative estimate of drug-likeness (QED) is 0.442. The number of aromatic nitrogens is 2. The van der Waals surface area contributed by atoms with Crippen molar-refractivity contribution in [1.29, 1.82) is 5.41 Å². The largest absolute Gasteiger partial charge is 0.401 e. The number of hydrogen-bond acceptors (Lipinski definition) is 6. The first kappa shape index (κ1) is 19.3. The number of nitrogens with zero attached hydrogens (tertiary/aromatic N) is 2. The molecule has 0 saturated heterocycles. The number of primary sulfonamides is 1. The van der Waals surface area contributed by atoms with Crippen molar-refractivity contribution in [2.75, 3.05) is 0 Å². The van der Waals surface area contributed by atoms with Crippen molar-refractivity contribution in [3.05, 3.63) is 46.9 Å². The average molecular weight is 376 g/mol. The summed E-state index contributed by atoms with van der Waals surface area (Å²) in [5.74, 6) is 0. The maximum absolute atomic E-state index is 11.4. The maximum atomic E-state index is 11.4. The van der Waals surface area contributed by atoms with Crippen LogP contribution in [-0.2, 0) is 21.2 Å². The van der Waals surface area contributed by atoms with Gasteiger partial charge in [-0.1, -0.05) is 0 Å². The molecule has 7 N–H and O–H groups in total. The molecule has 9 nitrogen and oxygen atoms in total. The van der Waals surface area contributed by atoms with Crippen molar-refractivity contribution in [1.82, 2.24) is 9.78 Å². The highest BCUT2D eigenvalue weighted by Crippen LogP contribution is 2.32. The van der Waals surface area contributed by atoms with Gasteiger partial charge in [0.1, 0.15) is 0 Å². The zero-order valence-corrected chi connectivity index (χ0v) is 15.0. The Morgan fingerprint density at radius 3 is 2.31 bits per heavy atom. The van der Waals surface area contributed by atoms with E-state index in [0.29, 0.717) is 23.4 Å². The van der Waals surface area contributed by atoms with Gasteiger partial charge in [0.2, 0.25) is 16.4 Å². The minimum Gasteiger partial charge on any atom is -0.401 e. The Balaban J connectivity index is 0.000000758. The van der Waals surface area contributed by atoms with E-state index in [4.69, 9.17) is 21.1 Å². The lowest BCUT2D eigenvalue weighted by Gasteiger charge is -2.17. The summed E-state index contributed by atoms with van der Waals surface area (Å²) in [5.41, 5.74) is 14.9. The summed E-state index contributed by atoms with van der Waals surface area (Å²) in [5, 5.41) is 17.3. The topological polar surface area (TPSA) is 171 Å². The lowest BCUT2D eigenvalue weighted by atomic mass is 9.93. The van der Waals surface area contributed by atoms with Crippen LogP contribution in [0.3, 0.4) is 0 Å². The highest BCUT2D eigenvalue weighted by atomic mass is 32.2. The van der Waals surface area contributed by atoms with Crippen LogP contribution in [0, 0.1) is 12.3 Å². The van der Waals surface area contributed by atoms with Gasteiger partial charge in [-0.15, -0.1) is 0 Å². The number of carbonyl (C=O) groups is 1. The lowest BCUT2D eigenvalue weighted by molar-refractivity contribution is -0.106. The van der Waals surface area contributed by atoms with E-state index in [9.17, 15) is 8.42 Å². The second-order valence-corrected chi connectivity index (χ2v) is 7.14. The number of primary amides is 1. The smallest absolute Gasteiger partial charge is 0.238 e. The lowest BCUT2D eigenvalue weighted by Crippen LogP contribution is -2.15. The molecule has 3 rings (SSSR count). The van der Waals surface area contributed by atoms with Gasteiger partial charge in [-0.25, -0.2) is 18.2 Å². The Bertz CT molecular complexity index is 974. The van der Waals surface area contributed by atoms with E-state index in [1.165, 1.54) is 18.3 Å². The summed E-state index contributed by atoms with van der Waals surface area (Å²) in [7, 11) is -3.73. The monoisotopic (exact) mass is 376 g/mol. The molecule has 0 spiro atoms. The molecule has 1 heterocycles. The Kier molecular flexibility index (Phi) is 5.58. The molecule has 1 aromatic heterocycles. The van der Waals surface area contributed by atoms with E-state index < -0.39 is 10.0 Å². The van der Waals surface area contributed by atoms with Gasteiger partial charge in [-0.2, -0.15) is 5.10 Å². The number of sulfonamides is 1. The summed E-state index contributed by atoms with van der Waals surface area (Å²) in [6.07, 6.45) is 2.97. The van der Waals surface area contributed by atoms with Crippen LogP contribution in [0.5, 0.6) is 0 Å². The number of nitrogens with two attached hydrogens (primary N) is 3. The summed E-state index contributed by atoms with van der Waals surface area (Å²) >= 11 is 0. The summed E-state index contributed by atoms with van der Waals surface area (Å²) in [6, 6.07) is 6.15. The Hall–Kier alpha value is -2.98. The molecule has 1 aromatic carbocycles. The predicted octanol–water partition coefficient (Wildman–Crippen LogP) is 0.195. The third-order valence-electron chi connectivity index (χ3n) is 3.98. The number of benzene rings is 1. The SMILES string of the molecule is Cc1nn(-c2ccc(S(N)(=O)=O)cc2)c2c1CCC(N)=C2C=N.NC=O. The first-order chi connectivity index (χ1) is 12.2. The van der Waals surface area contributed by atoms with Gasteiger partial charge in [0.25, 0.3) is 0 Å². The summed E-state index contributed by atoms with van der Waals surface area (Å²) in [4.78, 5) is 8.63. The van der Waals surface area contributed by atoms with Crippen LogP contribution < -0.4 is 16.6 Å². The number of rotatable bonds is 3. The molecule has 0 atom stereocenters. The zero-order chi connectivity index (χ0) is 19.5. The molecule has 0 fully saturated rings. The number of carbonyl (C=O) groups excluding carboxylic acids is 1. The molecule has 0 bridgehead atoms. The Morgan fingerprint density at radius 2 is 1.81 bits per heavy atom. The van der Waals surface area contributed by atoms with Crippen molar-refractivity contribution in [3.63, 3.8) is 0 Å². The zero-order valence-electron chi connectivity index (χ0n) is 14.1. The van der Waals surface area contributed by atoms with Crippen LogP contribution in [0.15, 0.2) is 34.9 Å². The first-order valence-corrected chi connectivity index (χ1v) is 9.15. The van der Waals surface area contributed by atoms with Gasteiger partial charge in [-0.3, -0.25) is 4.79 Å². The minimum atomic E-state index is -3.73. The van der Waals surface area contributed by atoms with Gasteiger partial charge in [-0.05, 0) is 44.0 Å². The van der Waals surface area contributed by atoms with E-state index in [1.54, 1.807) is 16.8 Å². The minimum absolute atomic E-state index is 0.0429. The molecule has 138 valence electrons. The van der Waals surface area contributed by atoms with E-state index in [1.807, 2.05) is 6.92 Å². The van der Waals surface area contributed by atoms with Crippen LogP contribution in [0.1, 0.15) is 23.4 Å². The second kappa shape index (κ2) is 7.50. The number of fused-ring (bicyclic) bond motifs is 1. The van der Waals surface area contributed by atoms with E-state index in [2.05, 4.69) is 10.8 Å². The van der Waals surface area contributed by atoms with Gasteiger partial charge in [0.15, 0.2) is 0 Å². The summed E-state index contributed by atoms with van der Waals surface area (Å²) in [6.45, 7) is 1.91. The van der Waals surface area contributed by atoms with Crippen molar-refractivity contribution >= 4 is 28.2 Å². The van der Waals surface area contributed by atoms with Gasteiger partial charge < -0.3 is 16.9 Å². The molecule has 0 radical (unpaired) electrons. The molecular weight excluding hydrogens is 356 g/mol. The summed E-state index contributed by atoms with van der Waals surface area (Å²) < 4.78 is 24.4. The van der Waals surface area contributed by atoms with E-state index in [-0.39, 0.29) is 11.3 Å². The van der Waals surface area contributed by atoms with Crippen molar-refractivity contribution in [2.24, 2.45) is 16.6 Å². The molecule has 2 aromatic rings. The van der Waals surface area contributed by atoms with Crippen LogP contribution in [0.4, 0.5) is 0 Å². The molecule has 10 heteroatoms. The number of amides is 1. The maximum Gasteiger partial charge on any atom is 0.238 e. The number of nitrogens with one attached hydrogen (secondary N) is 1. The highest BCUT2D eigenvalue weighted by molar-refractivity contribution is 7.89. The number of hydrogen-bond donors (Lipinski definition) is 4. The molecule has 0 aliphatic heterocycles. The molecule has 26 heavy (non-hydrogen) atoms.